The number of benzene rings is 1. The van der Waals surface area contributed by atoms with E-state index in [-0.39, 0.29) is 93.2 Å². The number of rotatable bonds is 81. The van der Waals surface area contributed by atoms with Crippen molar-refractivity contribution < 1.29 is 188 Å². The number of hydrogen-bond donors (Lipinski definition) is 15. The number of ketones is 3. The number of unbranched alkanes of at least 4 members (excludes halogenated alkanes) is 2. The number of aliphatic hydroxyl groups excluding tert-OH is 9. The van der Waals surface area contributed by atoms with Gasteiger partial charge in [-0.1, -0.05) is 18.6 Å². The highest BCUT2D eigenvalue weighted by Gasteiger charge is 2.54. The minimum Gasteiger partial charge on any atom is -0.484 e. The van der Waals surface area contributed by atoms with Crippen molar-refractivity contribution in [1.82, 2.24) is 31.9 Å². The molecule has 0 bridgehead atoms. The molecule has 1 aromatic carbocycles. The molecule has 46 heteroatoms. The molecule has 132 heavy (non-hydrogen) atoms. The first-order valence-corrected chi connectivity index (χ1v) is 46.7. The van der Waals surface area contributed by atoms with E-state index < -0.39 is 118 Å². The number of carbonyl (C=O) groups excluding carboxylic acids is 7. The van der Waals surface area contributed by atoms with Crippen LogP contribution in [0.1, 0.15) is 94.8 Å². The largest absolute Gasteiger partial charge is 0.484 e. The van der Waals surface area contributed by atoms with Gasteiger partial charge in [0.2, 0.25) is 11.8 Å². The molecule has 5 aliphatic heterocycles. The summed E-state index contributed by atoms with van der Waals surface area (Å²) in [5.74, 6) is 0.597. The smallest absolute Gasteiger partial charge is 0.315 e. The fraction of sp³-hybridized carbons (Fsp3) is 0.849. The predicted octanol–water partition coefficient (Wildman–Crippen LogP) is -3.82. The van der Waals surface area contributed by atoms with Gasteiger partial charge in [-0.3, -0.25) is 28.8 Å². The highest BCUT2D eigenvalue weighted by atomic mass is 32.2. The van der Waals surface area contributed by atoms with Crippen LogP contribution in [0.3, 0.4) is 0 Å². The summed E-state index contributed by atoms with van der Waals surface area (Å²) >= 11 is 1.90. The summed E-state index contributed by atoms with van der Waals surface area (Å²) < 4.78 is 127. The van der Waals surface area contributed by atoms with Gasteiger partial charge in [-0.25, -0.2) is 4.79 Å². The van der Waals surface area contributed by atoms with Crippen LogP contribution in [0.15, 0.2) is 24.3 Å². The third-order valence-corrected chi connectivity index (χ3v) is 22.1. The normalized spacial score (nSPS) is 24.6. The molecule has 15 N–H and O–H groups in total. The van der Waals surface area contributed by atoms with Crippen molar-refractivity contribution in [2.24, 2.45) is 0 Å². The van der Waals surface area contributed by atoms with Gasteiger partial charge in [0.25, 0.3) is 5.91 Å². The summed E-state index contributed by atoms with van der Waals surface area (Å²) in [6, 6.07) is 5.69. The zero-order chi connectivity index (χ0) is 95.4. The average Bonchev–Trinajstić information content (AvgIpc) is 1.06. The maximum atomic E-state index is 12.5. The second-order valence-electron chi connectivity index (χ2n) is 30.9. The van der Waals surface area contributed by atoms with Crippen LogP contribution in [-0.4, -0.2) is 473 Å². The van der Waals surface area contributed by atoms with Gasteiger partial charge >= 0.3 is 6.03 Å². The highest BCUT2D eigenvalue weighted by molar-refractivity contribution is 8.00. The molecule has 764 valence electrons. The Morgan fingerprint density at radius 2 is 0.848 bits per heavy atom. The van der Waals surface area contributed by atoms with Crippen LogP contribution in [0, 0.1) is 0 Å². The van der Waals surface area contributed by atoms with Crippen molar-refractivity contribution in [2.45, 2.75) is 194 Å². The van der Waals surface area contributed by atoms with E-state index in [9.17, 15) is 79.5 Å². The molecule has 18 atom stereocenters. The van der Waals surface area contributed by atoms with Crippen LogP contribution in [0.25, 0.3) is 0 Å². The Labute approximate surface area is 776 Å². The Bertz CT molecular complexity index is 3160. The minimum atomic E-state index is -1.96. The number of thioether (sulfide) groups is 1. The quantitative estimate of drug-likeness (QED) is 0.0169. The Morgan fingerprint density at radius 3 is 1.31 bits per heavy atom. The Hall–Kier alpha value is -5.22. The van der Waals surface area contributed by atoms with Gasteiger partial charge in [0.05, 0.1) is 243 Å². The monoisotopic (exact) mass is 1920 g/mol. The van der Waals surface area contributed by atoms with Crippen LogP contribution in [0.2, 0.25) is 0 Å². The molecule has 5 fully saturated rings. The number of nitrogens with one attached hydrogen (secondary N) is 6. The van der Waals surface area contributed by atoms with Gasteiger partial charge in [0, 0.05) is 75.3 Å². The minimum absolute atomic E-state index is 0.0186. The fourth-order valence-electron chi connectivity index (χ4n) is 13.5. The van der Waals surface area contributed by atoms with E-state index in [0.29, 0.717) is 253 Å². The summed E-state index contributed by atoms with van der Waals surface area (Å²) in [5.41, 5.74) is 0.497. The zero-order valence-electron chi connectivity index (χ0n) is 76.7. The molecule has 5 amide bonds. The molecular formula is C86H150N6O39S. The number of amides is 5. The molecule has 0 saturated carbocycles. The van der Waals surface area contributed by atoms with E-state index in [2.05, 4.69) is 31.9 Å². The molecule has 0 aromatic heterocycles. The molecule has 5 aliphatic rings. The molecule has 6 rings (SSSR count). The van der Waals surface area contributed by atoms with Crippen molar-refractivity contribution in [1.29, 1.82) is 0 Å². The third kappa shape index (κ3) is 51.4. The number of aliphatic hydroxyl groups is 9. The van der Waals surface area contributed by atoms with Crippen LogP contribution in [0.4, 0.5) is 4.79 Å². The van der Waals surface area contributed by atoms with Gasteiger partial charge in [-0.05, 0) is 64.8 Å². The zero-order valence-corrected chi connectivity index (χ0v) is 77.5. The van der Waals surface area contributed by atoms with E-state index in [1.165, 1.54) is 13.8 Å². The summed E-state index contributed by atoms with van der Waals surface area (Å²) in [5, 5.41) is 112. The molecule has 1 aromatic rings. The van der Waals surface area contributed by atoms with Crippen molar-refractivity contribution >= 4 is 52.9 Å². The van der Waals surface area contributed by atoms with E-state index in [4.69, 9.17) is 109 Å². The number of hydrogen-bond acceptors (Lipinski definition) is 41. The van der Waals surface area contributed by atoms with Gasteiger partial charge < -0.3 is 187 Å². The lowest BCUT2D eigenvalue weighted by molar-refractivity contribution is -0.376. The highest BCUT2D eigenvalue weighted by Crippen LogP contribution is 2.35. The molecule has 6 unspecified atom stereocenters. The standard InChI is InChI=1S/C45H72N2O24.C41H78N4O15S/c1-25(51)27-6-5-8-29(20-27)66-24-33(54)46-10-13-62-15-17-64-19-18-63-16-14-61-12-9-28(53)7-3-4-11-65-43-34(47-26(2)52)37(57)41(32(23-50)69-43)70-45-40(60)42(36(56)31(22-49)68-45)71-44-39(59)38(58)35(55)30(21-48)67-44;1-42-9-4-5-36(46)8-11-49-13-15-51-17-19-53-21-23-55-25-27-57-29-31-59-33-34-60-32-30-58-28-26-56-24-22-54-20-18-52-16-14-50-12-10-43-39(47)7-3-2-6-38-40-37(35-61-38)44-41(48)45-40/h5-6,8,20,30-32,34-45,48-50,55-60H,3-4,7,9-19,21-24H2,1-2H3,(H,46,54)(H,47,52);37-38,40,42H,2-35H2,1H3,(H,43,47)(H2,44,45,48)/t30?,31?,32?,34?,35-,36-,37+,38-,39?,40?,41+,42-,43+,44+,45-;37-,38-,40-/m00/s1. The first kappa shape index (κ1) is 117. The number of fused-ring (bicyclic) bond motifs is 1. The summed E-state index contributed by atoms with van der Waals surface area (Å²) in [6.45, 7) is 15.5. The second-order valence-corrected chi connectivity index (χ2v) is 32.2. The predicted molar refractivity (Wildman–Crippen MR) is 468 cm³/mol. The maximum Gasteiger partial charge on any atom is 0.315 e. The van der Waals surface area contributed by atoms with Crippen LogP contribution in [0.5, 0.6) is 5.75 Å². The first-order chi connectivity index (χ1) is 64.2. The summed E-state index contributed by atoms with van der Waals surface area (Å²) in [4.78, 5) is 83.3. The fourth-order valence-corrected chi connectivity index (χ4v) is 15.0. The van der Waals surface area contributed by atoms with Crippen LogP contribution in [-0.2, 0) is 128 Å². The number of ether oxygens (including phenoxy) is 23. The Morgan fingerprint density at radius 1 is 0.424 bits per heavy atom. The second kappa shape index (κ2) is 74.8. The molecule has 0 spiro atoms. The van der Waals surface area contributed by atoms with E-state index in [1.54, 1.807) is 24.3 Å². The summed E-state index contributed by atoms with van der Waals surface area (Å²) in [6.07, 6.45) is -17.0. The van der Waals surface area contributed by atoms with Gasteiger partial charge in [0.15, 0.2) is 31.3 Å². The summed E-state index contributed by atoms with van der Waals surface area (Å²) in [7, 11) is 1.88. The average molecular weight is 1920 g/mol. The topological polar surface area (TPSA) is 586 Å². The maximum absolute atomic E-state index is 12.5. The van der Waals surface area contributed by atoms with E-state index in [0.717, 1.165) is 38.0 Å². The Kier molecular flexibility index (Phi) is 66.5. The van der Waals surface area contributed by atoms with Crippen LogP contribution >= 0.6 is 11.8 Å². The molecule has 45 nitrogen and oxygen atoms in total. The number of urea groups is 1. The van der Waals surface area contributed by atoms with Gasteiger partial charge in [0.1, 0.15) is 90.5 Å². The molecular weight excluding hydrogens is 1770 g/mol. The first-order valence-electron chi connectivity index (χ1n) is 45.6. The van der Waals surface area contributed by atoms with Crippen molar-refractivity contribution in [3.63, 3.8) is 0 Å². The van der Waals surface area contributed by atoms with E-state index in [1.807, 2.05) is 18.8 Å². The molecule has 0 aliphatic carbocycles. The van der Waals surface area contributed by atoms with Crippen molar-refractivity contribution in [2.75, 3.05) is 277 Å². The molecule has 0 radical (unpaired) electrons. The number of Topliss-reactive ketones (excluding diaryl/α,β-unsaturated/α-hetero) is 3. The Balaban J connectivity index is 0.000000473. The lowest BCUT2D eigenvalue weighted by Crippen LogP contribution is -2.68. The molecule has 5 saturated heterocycles. The van der Waals surface area contributed by atoms with Gasteiger partial charge in [-0.2, -0.15) is 11.8 Å². The lowest BCUT2D eigenvalue weighted by atomic mass is 9.95. The third-order valence-electron chi connectivity index (χ3n) is 20.6. The SMILES string of the molecule is CC(=O)NC1[C@H](OCCCCC(=O)CCOCCOCCOCCOCCNC(=O)COc2cccc(C(C)=O)c2)OC(CO)[C@@H](O[C@@H]2OC(CO)[C@H](O)[C@H](O[C@H]3OC(CO)[C@H](O)[C@H](O)C3O)C2O)[C@@H]1O.CNCCCC(=O)CCOCCOCCOCCOCCOCCOCCOCCOCCOCCOCCOCCOCCNC(=O)CCCC[C@@H]1SC[C@@H]2NC(=O)N[C@@H]21. The van der Waals surface area contributed by atoms with Gasteiger partial charge in [-0.15, -0.1) is 0 Å². The van der Waals surface area contributed by atoms with Crippen molar-refractivity contribution in [3.8, 4) is 5.75 Å². The van der Waals surface area contributed by atoms with E-state index >= 15 is 0 Å². The number of carbonyl (C=O) groups is 7. The van der Waals surface area contributed by atoms with Crippen molar-refractivity contribution in [3.05, 3.63) is 29.8 Å². The van der Waals surface area contributed by atoms with Crippen LogP contribution < -0.4 is 36.6 Å². The molecule has 5 heterocycles. The lowest BCUT2D eigenvalue weighted by Gasteiger charge is -2.48.